The maximum Gasteiger partial charge on any atom is 0.332 e. The highest BCUT2D eigenvalue weighted by atomic mass is 16.5. The number of hydrogen-bond acceptors (Lipinski definition) is 3. The molecular weight excluding hydrogens is 180 g/mol. The number of esters is 1. The quantitative estimate of drug-likeness (QED) is 0.576. The number of imidazole rings is 1. The first kappa shape index (κ1) is 12.2. The zero-order valence-electron chi connectivity index (χ0n) is 8.41. The Labute approximate surface area is 83.3 Å². The molecule has 1 rings (SSSR count). The van der Waals surface area contributed by atoms with Gasteiger partial charge in [0.05, 0.1) is 25.3 Å². The lowest BCUT2D eigenvalue weighted by Crippen LogP contribution is -1.98. The molecule has 0 amide bonds. The number of rotatable bonds is 2. The lowest BCUT2D eigenvalue weighted by Gasteiger charge is -1.91. The summed E-state index contributed by atoms with van der Waals surface area (Å²) >= 11 is 0. The molecule has 1 aromatic heterocycles. The van der Waals surface area contributed by atoms with E-state index in [1.807, 2.05) is 0 Å². The largest absolute Gasteiger partial charge is 0.466 e. The minimum Gasteiger partial charge on any atom is -0.466 e. The van der Waals surface area contributed by atoms with Crippen molar-refractivity contribution < 1.29 is 9.53 Å². The van der Waals surface area contributed by atoms with Crippen LogP contribution in [0.2, 0.25) is 0 Å². The van der Waals surface area contributed by atoms with Crippen LogP contribution in [0.1, 0.15) is 12.6 Å². The van der Waals surface area contributed by atoms with Crippen molar-refractivity contribution in [3.63, 3.8) is 0 Å². The van der Waals surface area contributed by atoms with Crippen LogP contribution in [0.25, 0.3) is 6.08 Å². The number of methoxy groups -OCH3 is 1. The van der Waals surface area contributed by atoms with Crippen LogP contribution in [-0.4, -0.2) is 23.0 Å². The highest BCUT2D eigenvalue weighted by Crippen LogP contribution is 1.88. The van der Waals surface area contributed by atoms with Crippen molar-refractivity contribution in [2.75, 3.05) is 7.11 Å². The van der Waals surface area contributed by atoms with Gasteiger partial charge in [0.2, 0.25) is 0 Å². The molecule has 1 aromatic rings. The Hall–Kier alpha value is -1.84. The second-order valence-electron chi connectivity index (χ2n) is 2.48. The molecule has 1 N–H and O–H groups in total. The monoisotopic (exact) mass is 194 g/mol. The lowest BCUT2D eigenvalue weighted by molar-refractivity contribution is -0.136. The second kappa shape index (κ2) is 6.65. The van der Waals surface area contributed by atoms with E-state index in [9.17, 15) is 4.79 Å². The standard InChI is InChI=1S/C5H6N2.C5H8O2/c1-2-5-3-6-4-7-5;1-4(2)5(6)7-3/h2-4H,1H2,(H,6,7);1H2,2-3H3. The van der Waals surface area contributed by atoms with Crippen molar-refractivity contribution in [3.05, 3.63) is 36.9 Å². The average Bonchev–Trinajstić information content (AvgIpc) is 2.69. The number of aromatic nitrogens is 2. The Kier molecular flexibility index (Phi) is 5.78. The molecule has 0 aliphatic carbocycles. The van der Waals surface area contributed by atoms with Crippen molar-refractivity contribution in [2.24, 2.45) is 0 Å². The summed E-state index contributed by atoms with van der Waals surface area (Å²) in [7, 11) is 1.33. The molecule has 0 aliphatic rings. The summed E-state index contributed by atoms with van der Waals surface area (Å²) in [6, 6.07) is 0. The van der Waals surface area contributed by atoms with Gasteiger partial charge in [-0.05, 0) is 13.0 Å². The van der Waals surface area contributed by atoms with Gasteiger partial charge in [-0.2, -0.15) is 0 Å². The van der Waals surface area contributed by atoms with Crippen LogP contribution in [0.3, 0.4) is 0 Å². The molecule has 0 aromatic carbocycles. The molecule has 14 heavy (non-hydrogen) atoms. The van der Waals surface area contributed by atoms with Crippen molar-refractivity contribution in [2.45, 2.75) is 6.92 Å². The highest BCUT2D eigenvalue weighted by molar-refractivity contribution is 5.86. The molecular formula is C10H14N2O2. The van der Waals surface area contributed by atoms with Crippen LogP contribution in [0.4, 0.5) is 0 Å². The first-order chi connectivity index (χ1) is 6.61. The summed E-state index contributed by atoms with van der Waals surface area (Å²) in [6.07, 6.45) is 5.05. The van der Waals surface area contributed by atoms with Gasteiger partial charge in [-0.15, -0.1) is 0 Å². The van der Waals surface area contributed by atoms with E-state index in [4.69, 9.17) is 0 Å². The number of carbonyl (C=O) groups excluding carboxylic acids is 1. The first-order valence-electron chi connectivity index (χ1n) is 3.96. The van der Waals surface area contributed by atoms with E-state index >= 15 is 0 Å². The summed E-state index contributed by atoms with van der Waals surface area (Å²) in [5.74, 6) is -0.347. The molecule has 0 aliphatic heterocycles. The van der Waals surface area contributed by atoms with E-state index in [1.165, 1.54) is 7.11 Å². The maximum atomic E-state index is 10.2. The zero-order valence-corrected chi connectivity index (χ0v) is 8.41. The third-order valence-electron chi connectivity index (χ3n) is 1.27. The normalized spacial score (nSPS) is 8.14. The van der Waals surface area contributed by atoms with Gasteiger partial charge in [-0.25, -0.2) is 9.78 Å². The molecule has 4 nitrogen and oxygen atoms in total. The molecule has 0 saturated carbocycles. The molecule has 0 atom stereocenters. The van der Waals surface area contributed by atoms with Gasteiger partial charge in [0.15, 0.2) is 0 Å². The molecule has 0 unspecified atom stereocenters. The lowest BCUT2D eigenvalue weighted by atomic mass is 10.4. The Bertz CT molecular complexity index is 302. The van der Waals surface area contributed by atoms with Gasteiger partial charge in [0, 0.05) is 5.57 Å². The SMILES string of the molecule is C=C(C)C(=O)OC.C=Cc1cnc[nH]1. The van der Waals surface area contributed by atoms with Gasteiger partial charge in [0.1, 0.15) is 0 Å². The summed E-state index contributed by atoms with van der Waals surface area (Å²) in [5.41, 5.74) is 1.39. The minimum atomic E-state index is -0.347. The van der Waals surface area contributed by atoms with Crippen molar-refractivity contribution >= 4 is 12.0 Å². The third kappa shape index (κ3) is 4.92. The predicted octanol–water partition coefficient (Wildman–Crippen LogP) is 1.79. The fraction of sp³-hybridized carbons (Fsp3) is 0.200. The number of ether oxygens (including phenoxy) is 1. The van der Waals surface area contributed by atoms with Gasteiger partial charge >= 0.3 is 5.97 Å². The number of nitrogens with one attached hydrogen (secondary N) is 1. The Morgan fingerprint density at radius 3 is 2.50 bits per heavy atom. The second-order valence-corrected chi connectivity index (χ2v) is 2.48. The van der Waals surface area contributed by atoms with Crippen LogP contribution >= 0.6 is 0 Å². The summed E-state index contributed by atoms with van der Waals surface area (Å²) in [5, 5.41) is 0. The predicted molar refractivity (Wildman–Crippen MR) is 55.5 cm³/mol. The summed E-state index contributed by atoms with van der Waals surface area (Å²) in [6.45, 7) is 8.49. The fourth-order valence-electron chi connectivity index (χ4n) is 0.553. The van der Waals surface area contributed by atoms with Crippen molar-refractivity contribution in [3.8, 4) is 0 Å². The van der Waals surface area contributed by atoms with E-state index in [2.05, 4.69) is 27.9 Å². The zero-order chi connectivity index (χ0) is 11.0. The fourth-order valence-corrected chi connectivity index (χ4v) is 0.553. The summed E-state index contributed by atoms with van der Waals surface area (Å²) < 4.78 is 4.27. The van der Waals surface area contributed by atoms with Gasteiger partial charge in [-0.3, -0.25) is 0 Å². The number of carbonyl (C=O) groups is 1. The van der Waals surface area contributed by atoms with Crippen molar-refractivity contribution in [1.82, 2.24) is 9.97 Å². The van der Waals surface area contributed by atoms with Crippen LogP contribution in [0.15, 0.2) is 31.3 Å². The smallest absolute Gasteiger partial charge is 0.332 e. The van der Waals surface area contributed by atoms with Gasteiger partial charge in [-0.1, -0.05) is 13.2 Å². The molecule has 0 saturated heterocycles. The Morgan fingerprint density at radius 2 is 2.36 bits per heavy atom. The van der Waals surface area contributed by atoms with E-state index < -0.39 is 0 Å². The molecule has 0 radical (unpaired) electrons. The van der Waals surface area contributed by atoms with E-state index in [-0.39, 0.29) is 5.97 Å². The maximum absolute atomic E-state index is 10.2. The third-order valence-corrected chi connectivity index (χ3v) is 1.27. The highest BCUT2D eigenvalue weighted by Gasteiger charge is 1.95. The van der Waals surface area contributed by atoms with Crippen LogP contribution in [-0.2, 0) is 9.53 Å². The van der Waals surface area contributed by atoms with Crippen LogP contribution < -0.4 is 0 Å². The Morgan fingerprint density at radius 1 is 1.71 bits per heavy atom. The number of aromatic amines is 1. The molecule has 4 heteroatoms. The van der Waals surface area contributed by atoms with Crippen molar-refractivity contribution in [1.29, 1.82) is 0 Å². The molecule has 0 spiro atoms. The van der Waals surface area contributed by atoms with E-state index in [0.717, 1.165) is 5.69 Å². The van der Waals surface area contributed by atoms with E-state index in [1.54, 1.807) is 25.5 Å². The molecule has 0 bridgehead atoms. The average molecular weight is 194 g/mol. The molecule has 0 fully saturated rings. The van der Waals surface area contributed by atoms with Gasteiger partial charge in [0.25, 0.3) is 0 Å². The molecule has 1 heterocycles. The number of nitrogens with zero attached hydrogens (tertiary/aromatic N) is 1. The van der Waals surface area contributed by atoms with Crippen LogP contribution in [0, 0.1) is 0 Å². The van der Waals surface area contributed by atoms with E-state index in [0.29, 0.717) is 5.57 Å². The topological polar surface area (TPSA) is 55.0 Å². The summed E-state index contributed by atoms with van der Waals surface area (Å²) in [4.78, 5) is 16.8. The Balaban J connectivity index is 0.000000241. The number of hydrogen-bond donors (Lipinski definition) is 1. The van der Waals surface area contributed by atoms with Crippen LogP contribution in [0.5, 0.6) is 0 Å². The molecule has 76 valence electrons. The first-order valence-corrected chi connectivity index (χ1v) is 3.96. The van der Waals surface area contributed by atoms with Gasteiger partial charge < -0.3 is 9.72 Å². The minimum absolute atomic E-state index is 0.347. The number of H-pyrrole nitrogens is 1.